The minimum Gasteiger partial charge on any atom is -0.331 e. The number of fused-ring (bicyclic) bond motifs is 1. The van der Waals surface area contributed by atoms with E-state index < -0.39 is 11.2 Å². The molecule has 4 heterocycles. The number of aromatic amines is 1. The topological polar surface area (TPSA) is 88.1 Å². The Labute approximate surface area is 158 Å². The Morgan fingerprint density at radius 2 is 2.11 bits per heavy atom. The predicted octanol–water partition coefficient (Wildman–Crippen LogP) is 2.46. The number of pyridine rings is 1. The third-order valence-electron chi connectivity index (χ3n) is 5.32. The zero-order valence-electron chi connectivity index (χ0n) is 14.6. The average molecular weight is 382 g/mol. The van der Waals surface area contributed by atoms with E-state index in [1.54, 1.807) is 17.4 Å². The molecule has 1 aliphatic heterocycles. The van der Waals surface area contributed by atoms with Crippen LogP contribution in [0.25, 0.3) is 11.0 Å². The molecule has 0 spiro atoms. The highest BCUT2D eigenvalue weighted by molar-refractivity contribution is 7.10. The Morgan fingerprint density at radius 3 is 2.85 bits per heavy atom. The second-order valence-electron chi connectivity index (χ2n) is 7.13. The molecule has 1 aliphatic carbocycles. The van der Waals surface area contributed by atoms with Gasteiger partial charge in [-0.1, -0.05) is 6.07 Å². The molecular weight excluding hydrogens is 364 g/mol. The number of carbonyl (C=O) groups is 1. The number of nitrogens with zero attached hydrogens (tertiary/aromatic N) is 3. The van der Waals surface area contributed by atoms with Crippen LogP contribution in [0.4, 0.5) is 0 Å². The van der Waals surface area contributed by atoms with Crippen LogP contribution in [-0.2, 0) is 0 Å². The van der Waals surface area contributed by atoms with Crippen molar-refractivity contribution in [1.82, 2.24) is 19.4 Å². The summed E-state index contributed by atoms with van der Waals surface area (Å²) in [4.78, 5) is 47.3. The first-order valence-corrected chi connectivity index (χ1v) is 10.0. The zero-order valence-corrected chi connectivity index (χ0v) is 15.4. The van der Waals surface area contributed by atoms with E-state index in [-0.39, 0.29) is 18.0 Å². The van der Waals surface area contributed by atoms with Crippen LogP contribution >= 0.6 is 11.3 Å². The quantitative estimate of drug-likeness (QED) is 0.754. The zero-order chi connectivity index (χ0) is 18.5. The lowest BCUT2D eigenvalue weighted by Crippen LogP contribution is -2.32. The number of likely N-dealkylation sites (tertiary alicyclic amines) is 1. The van der Waals surface area contributed by atoms with Crippen molar-refractivity contribution >= 4 is 28.3 Å². The van der Waals surface area contributed by atoms with Gasteiger partial charge in [0.2, 0.25) is 0 Å². The number of thiophene rings is 1. The molecule has 138 valence electrons. The van der Waals surface area contributed by atoms with Gasteiger partial charge >= 0.3 is 5.69 Å². The molecule has 1 atom stereocenters. The van der Waals surface area contributed by atoms with Gasteiger partial charge in [-0.25, -0.2) is 9.78 Å². The molecular formula is C19H18N4O3S. The molecule has 1 amide bonds. The number of aromatic nitrogens is 3. The molecule has 7 nitrogen and oxygen atoms in total. The van der Waals surface area contributed by atoms with E-state index in [1.165, 1.54) is 15.6 Å². The van der Waals surface area contributed by atoms with Gasteiger partial charge in [-0.15, -0.1) is 11.3 Å². The molecule has 3 aromatic rings. The monoisotopic (exact) mass is 382 g/mol. The van der Waals surface area contributed by atoms with Crippen molar-refractivity contribution in [1.29, 1.82) is 0 Å². The number of nitrogens with one attached hydrogen (secondary N) is 1. The fraction of sp³-hybridized carbons (Fsp3) is 0.368. The third kappa shape index (κ3) is 2.71. The van der Waals surface area contributed by atoms with Crippen LogP contribution in [0.5, 0.6) is 0 Å². The standard InChI is InChI=1S/C19H18N4O3S/c24-17-13-9-11(10-20-16(13)23(12-5-6-12)19(26)21-17)18(25)22-7-1-3-14(22)15-4-2-8-27-15/h2,4,8-10,12,14H,1,3,5-7H2,(H,21,24,26)/t14-/m1/s1. The highest BCUT2D eigenvalue weighted by Gasteiger charge is 2.32. The van der Waals surface area contributed by atoms with Crippen molar-refractivity contribution < 1.29 is 4.79 Å². The first-order valence-electron chi connectivity index (χ1n) is 9.12. The molecule has 0 radical (unpaired) electrons. The van der Waals surface area contributed by atoms with Gasteiger partial charge in [0.05, 0.1) is 17.0 Å². The Morgan fingerprint density at radius 1 is 1.26 bits per heavy atom. The van der Waals surface area contributed by atoms with Gasteiger partial charge in [-0.05, 0) is 43.2 Å². The Kier molecular flexibility index (Phi) is 3.75. The fourth-order valence-corrected chi connectivity index (χ4v) is 4.75. The van der Waals surface area contributed by atoms with E-state index in [4.69, 9.17) is 0 Å². The van der Waals surface area contributed by atoms with Gasteiger partial charge in [0, 0.05) is 23.7 Å². The van der Waals surface area contributed by atoms with E-state index in [9.17, 15) is 14.4 Å². The number of hydrogen-bond acceptors (Lipinski definition) is 5. The van der Waals surface area contributed by atoms with Crippen molar-refractivity contribution in [3.63, 3.8) is 0 Å². The predicted molar refractivity (Wildman–Crippen MR) is 102 cm³/mol. The number of amides is 1. The van der Waals surface area contributed by atoms with E-state index in [0.29, 0.717) is 23.1 Å². The van der Waals surface area contributed by atoms with Gasteiger partial charge in [0.15, 0.2) is 0 Å². The number of rotatable bonds is 3. The van der Waals surface area contributed by atoms with Crippen molar-refractivity contribution in [2.24, 2.45) is 0 Å². The summed E-state index contributed by atoms with van der Waals surface area (Å²) in [5.41, 5.74) is -0.180. The number of H-pyrrole nitrogens is 1. The van der Waals surface area contributed by atoms with Crippen molar-refractivity contribution in [3.8, 4) is 0 Å². The molecule has 2 fully saturated rings. The molecule has 0 unspecified atom stereocenters. The SMILES string of the molecule is O=C(c1cnc2c(c1)c(=O)[nH]c(=O)n2C1CC1)N1CCC[C@@H]1c1cccs1. The van der Waals surface area contributed by atoms with E-state index >= 15 is 0 Å². The molecule has 2 aliphatic rings. The second-order valence-corrected chi connectivity index (χ2v) is 8.11. The van der Waals surface area contributed by atoms with E-state index in [1.807, 2.05) is 16.3 Å². The Hall–Kier alpha value is -2.74. The van der Waals surface area contributed by atoms with Gasteiger partial charge in [-0.2, -0.15) is 0 Å². The highest BCUT2D eigenvalue weighted by atomic mass is 32.1. The summed E-state index contributed by atoms with van der Waals surface area (Å²) in [6.07, 6.45) is 5.19. The maximum absolute atomic E-state index is 13.1. The minimum absolute atomic E-state index is 0.0758. The first-order chi connectivity index (χ1) is 13.1. The molecule has 1 saturated carbocycles. The summed E-state index contributed by atoms with van der Waals surface area (Å²) in [6, 6.07) is 5.79. The summed E-state index contributed by atoms with van der Waals surface area (Å²) in [5.74, 6) is -0.121. The van der Waals surface area contributed by atoms with E-state index in [0.717, 1.165) is 25.7 Å². The Bertz CT molecular complexity index is 1140. The van der Waals surface area contributed by atoms with Gasteiger partial charge < -0.3 is 4.90 Å². The smallest absolute Gasteiger partial charge is 0.330 e. The lowest BCUT2D eigenvalue weighted by molar-refractivity contribution is 0.0737. The third-order valence-corrected chi connectivity index (χ3v) is 6.30. The molecule has 1 N–H and O–H groups in total. The normalized spacial score (nSPS) is 19.7. The van der Waals surface area contributed by atoms with Crippen LogP contribution in [0, 0.1) is 0 Å². The summed E-state index contributed by atoms with van der Waals surface area (Å²) < 4.78 is 1.54. The second kappa shape index (κ2) is 6.16. The molecule has 1 saturated heterocycles. The van der Waals surface area contributed by atoms with Gasteiger partial charge in [0.1, 0.15) is 5.65 Å². The molecule has 8 heteroatoms. The molecule has 3 aromatic heterocycles. The van der Waals surface area contributed by atoms with Crippen LogP contribution < -0.4 is 11.2 Å². The molecule has 0 bridgehead atoms. The van der Waals surface area contributed by atoms with E-state index in [2.05, 4.69) is 16.0 Å². The van der Waals surface area contributed by atoms with Crippen LogP contribution in [0.2, 0.25) is 0 Å². The Balaban J connectivity index is 1.56. The number of carbonyl (C=O) groups excluding carboxylic acids is 1. The number of hydrogen-bond donors (Lipinski definition) is 1. The molecule has 27 heavy (non-hydrogen) atoms. The van der Waals surface area contributed by atoms with Crippen LogP contribution in [0.15, 0.2) is 39.4 Å². The average Bonchev–Trinajstić information content (AvgIpc) is 3.15. The maximum Gasteiger partial charge on any atom is 0.330 e. The fourth-order valence-electron chi connectivity index (χ4n) is 3.88. The molecule has 5 rings (SSSR count). The lowest BCUT2D eigenvalue weighted by Gasteiger charge is -2.24. The summed E-state index contributed by atoms with van der Waals surface area (Å²) in [7, 11) is 0. The summed E-state index contributed by atoms with van der Waals surface area (Å²) in [5, 5.41) is 2.31. The van der Waals surface area contributed by atoms with Crippen molar-refractivity contribution in [2.75, 3.05) is 6.54 Å². The van der Waals surface area contributed by atoms with Gasteiger partial charge in [-0.3, -0.25) is 19.1 Å². The van der Waals surface area contributed by atoms with Gasteiger partial charge in [0.25, 0.3) is 11.5 Å². The summed E-state index contributed by atoms with van der Waals surface area (Å²) >= 11 is 1.65. The largest absolute Gasteiger partial charge is 0.331 e. The van der Waals surface area contributed by atoms with Crippen molar-refractivity contribution in [2.45, 2.75) is 37.8 Å². The minimum atomic E-state index is -0.495. The summed E-state index contributed by atoms with van der Waals surface area (Å²) in [6.45, 7) is 0.692. The van der Waals surface area contributed by atoms with Crippen molar-refractivity contribution in [3.05, 3.63) is 61.1 Å². The lowest BCUT2D eigenvalue weighted by atomic mass is 10.1. The first kappa shape index (κ1) is 16.4. The van der Waals surface area contributed by atoms with Crippen LogP contribution in [0.1, 0.15) is 53.0 Å². The molecule has 0 aromatic carbocycles. The van der Waals surface area contributed by atoms with Crippen LogP contribution in [0.3, 0.4) is 0 Å². The highest BCUT2D eigenvalue weighted by Crippen LogP contribution is 2.36. The van der Waals surface area contributed by atoms with Crippen LogP contribution in [-0.4, -0.2) is 31.9 Å². The maximum atomic E-state index is 13.1.